The molecule has 0 spiro atoms. The first kappa shape index (κ1) is 28.2. The van der Waals surface area contributed by atoms with Crippen LogP contribution in [0.1, 0.15) is 26.3 Å². The molecule has 0 unspecified atom stereocenters. The Hall–Kier alpha value is -5.31. The molecule has 0 bridgehead atoms. The maximum absolute atomic E-state index is 11.6. The van der Waals surface area contributed by atoms with E-state index in [-0.39, 0.29) is 0 Å². The van der Waals surface area contributed by atoms with E-state index in [1.165, 1.54) is 0 Å². The van der Waals surface area contributed by atoms with Crippen molar-refractivity contribution in [3.63, 3.8) is 0 Å². The van der Waals surface area contributed by atoms with Crippen molar-refractivity contribution < 1.29 is 19.4 Å². The molecule has 212 valence electrons. The minimum atomic E-state index is -0.867. The summed E-state index contributed by atoms with van der Waals surface area (Å²) in [6, 6.07) is 22.8. The molecule has 5 rings (SSSR count). The molecule has 3 heterocycles. The van der Waals surface area contributed by atoms with Crippen molar-refractivity contribution in [2.45, 2.75) is 27.2 Å². The quantitative estimate of drug-likeness (QED) is 0.173. The van der Waals surface area contributed by atoms with Crippen LogP contribution >= 0.6 is 0 Å². The van der Waals surface area contributed by atoms with Gasteiger partial charge >= 0.3 is 5.97 Å². The second-order valence-electron chi connectivity index (χ2n) is 10.3. The van der Waals surface area contributed by atoms with Crippen molar-refractivity contribution in [3.05, 3.63) is 103 Å². The minimum Gasteiger partial charge on any atom is -0.490 e. The molecular formula is C33H31N5O4. The third kappa shape index (κ3) is 6.87. The Labute approximate surface area is 244 Å². The SMILES string of the molecule is CCOc1ccccc1Oc1cncc(-c2cncc(Nc3cccc(-c4cccc(CC(C)(C)C(=O)O)c4)n3)n2)c1. The molecule has 0 atom stereocenters. The van der Waals surface area contributed by atoms with E-state index in [0.29, 0.717) is 47.6 Å². The van der Waals surface area contributed by atoms with Crippen molar-refractivity contribution in [3.8, 4) is 39.8 Å². The van der Waals surface area contributed by atoms with E-state index >= 15 is 0 Å². The Bertz CT molecular complexity index is 1710. The predicted molar refractivity (Wildman–Crippen MR) is 161 cm³/mol. The number of pyridine rings is 2. The molecule has 0 fully saturated rings. The van der Waals surface area contributed by atoms with Gasteiger partial charge < -0.3 is 19.9 Å². The lowest BCUT2D eigenvalue weighted by Gasteiger charge is -2.19. The maximum Gasteiger partial charge on any atom is 0.309 e. The zero-order chi connectivity index (χ0) is 29.5. The fraction of sp³-hybridized carbons (Fsp3) is 0.182. The first-order valence-electron chi connectivity index (χ1n) is 13.5. The molecule has 2 aromatic carbocycles. The van der Waals surface area contributed by atoms with Crippen molar-refractivity contribution in [1.29, 1.82) is 0 Å². The van der Waals surface area contributed by atoms with Gasteiger partial charge in [-0.25, -0.2) is 9.97 Å². The van der Waals surface area contributed by atoms with Crippen molar-refractivity contribution in [2.75, 3.05) is 11.9 Å². The second kappa shape index (κ2) is 12.5. The molecule has 9 heteroatoms. The summed E-state index contributed by atoms with van der Waals surface area (Å²) in [4.78, 5) is 29.8. The Morgan fingerprint density at radius 3 is 2.38 bits per heavy atom. The van der Waals surface area contributed by atoms with E-state index in [1.54, 1.807) is 38.6 Å². The molecule has 0 aliphatic heterocycles. The monoisotopic (exact) mass is 561 g/mol. The van der Waals surface area contributed by atoms with Gasteiger partial charge in [0.1, 0.15) is 11.6 Å². The highest BCUT2D eigenvalue weighted by Gasteiger charge is 2.27. The van der Waals surface area contributed by atoms with Gasteiger partial charge in [-0.05, 0) is 69.2 Å². The summed E-state index contributed by atoms with van der Waals surface area (Å²) in [5, 5.41) is 12.8. The van der Waals surface area contributed by atoms with Gasteiger partial charge in [-0.2, -0.15) is 0 Å². The van der Waals surface area contributed by atoms with Crippen LogP contribution in [0, 0.1) is 5.41 Å². The summed E-state index contributed by atoms with van der Waals surface area (Å²) in [6.07, 6.45) is 7.03. The zero-order valence-corrected chi connectivity index (χ0v) is 23.6. The van der Waals surface area contributed by atoms with Gasteiger partial charge in [0.15, 0.2) is 17.3 Å². The average molecular weight is 562 g/mol. The molecule has 0 amide bonds. The van der Waals surface area contributed by atoms with Gasteiger partial charge in [0.2, 0.25) is 0 Å². The van der Waals surface area contributed by atoms with Crippen LogP contribution in [0.25, 0.3) is 22.5 Å². The summed E-state index contributed by atoms with van der Waals surface area (Å²) in [5.74, 6) is 2.08. The van der Waals surface area contributed by atoms with Gasteiger partial charge in [-0.3, -0.25) is 14.8 Å². The van der Waals surface area contributed by atoms with Crippen molar-refractivity contribution in [1.82, 2.24) is 19.9 Å². The Morgan fingerprint density at radius 1 is 0.810 bits per heavy atom. The first-order valence-corrected chi connectivity index (χ1v) is 13.5. The lowest BCUT2D eigenvalue weighted by atomic mass is 9.85. The Kier molecular flexibility index (Phi) is 8.38. The highest BCUT2D eigenvalue weighted by molar-refractivity contribution is 5.74. The lowest BCUT2D eigenvalue weighted by Crippen LogP contribution is -2.26. The minimum absolute atomic E-state index is 0.413. The van der Waals surface area contributed by atoms with Crippen molar-refractivity contribution in [2.24, 2.45) is 5.41 Å². The second-order valence-corrected chi connectivity index (χ2v) is 10.3. The van der Waals surface area contributed by atoms with Crippen LogP contribution in [0.2, 0.25) is 0 Å². The fourth-order valence-electron chi connectivity index (χ4n) is 4.34. The Morgan fingerprint density at radius 2 is 1.57 bits per heavy atom. The Balaban J connectivity index is 1.34. The van der Waals surface area contributed by atoms with Crippen LogP contribution in [0.5, 0.6) is 17.2 Å². The molecule has 0 radical (unpaired) electrons. The number of para-hydroxylation sites is 2. The smallest absolute Gasteiger partial charge is 0.309 e. The molecule has 2 N–H and O–H groups in total. The van der Waals surface area contributed by atoms with Crippen LogP contribution in [-0.2, 0) is 11.2 Å². The number of anilines is 2. The first-order chi connectivity index (χ1) is 20.3. The third-order valence-electron chi connectivity index (χ3n) is 6.47. The van der Waals surface area contributed by atoms with Crippen LogP contribution in [0.15, 0.2) is 97.6 Å². The van der Waals surface area contributed by atoms with E-state index < -0.39 is 11.4 Å². The van der Waals surface area contributed by atoms with E-state index in [1.807, 2.05) is 79.7 Å². The van der Waals surface area contributed by atoms with E-state index in [2.05, 4.69) is 15.3 Å². The summed E-state index contributed by atoms with van der Waals surface area (Å²) >= 11 is 0. The maximum atomic E-state index is 11.6. The number of nitrogens with one attached hydrogen (secondary N) is 1. The number of hydrogen-bond acceptors (Lipinski definition) is 8. The molecule has 5 aromatic rings. The third-order valence-corrected chi connectivity index (χ3v) is 6.47. The number of carboxylic acids is 1. The van der Waals surface area contributed by atoms with Crippen LogP contribution in [0.4, 0.5) is 11.6 Å². The van der Waals surface area contributed by atoms with Gasteiger partial charge in [0.25, 0.3) is 0 Å². The number of ether oxygens (including phenoxy) is 2. The summed E-state index contributed by atoms with van der Waals surface area (Å²) in [5.41, 5.74) is 3.06. The van der Waals surface area contributed by atoms with E-state index in [9.17, 15) is 9.90 Å². The number of hydrogen-bond donors (Lipinski definition) is 2. The number of aromatic nitrogens is 4. The lowest BCUT2D eigenvalue weighted by molar-refractivity contribution is -0.146. The molecule has 3 aromatic heterocycles. The van der Waals surface area contributed by atoms with Gasteiger partial charge in [-0.1, -0.05) is 36.4 Å². The summed E-state index contributed by atoms with van der Waals surface area (Å²) in [7, 11) is 0. The topological polar surface area (TPSA) is 119 Å². The van der Waals surface area contributed by atoms with Crippen LogP contribution < -0.4 is 14.8 Å². The number of nitrogens with zero attached hydrogens (tertiary/aromatic N) is 4. The largest absolute Gasteiger partial charge is 0.490 e. The van der Waals surface area contributed by atoms with Crippen molar-refractivity contribution >= 4 is 17.6 Å². The molecule has 0 aliphatic rings. The highest BCUT2D eigenvalue weighted by atomic mass is 16.5. The number of carbonyl (C=O) groups is 1. The zero-order valence-electron chi connectivity index (χ0n) is 23.6. The van der Waals surface area contributed by atoms with Crippen LogP contribution in [0.3, 0.4) is 0 Å². The molecule has 0 saturated carbocycles. The molecule has 0 aliphatic carbocycles. The standard InChI is InChI=1S/C33H31N5O4/c1-4-41-28-12-5-6-13-29(28)42-25-16-24(18-34-19-25)27-20-35-21-31(37-27)38-30-14-8-11-26(36-30)23-10-7-9-22(15-23)17-33(2,3)32(39)40/h5-16,18-21H,4,17H2,1-3H3,(H,39,40)(H,36,37,38). The number of benzene rings is 2. The van der Waals surface area contributed by atoms with E-state index in [4.69, 9.17) is 19.4 Å². The fourth-order valence-corrected chi connectivity index (χ4v) is 4.34. The van der Waals surface area contributed by atoms with E-state index in [0.717, 1.165) is 22.4 Å². The molecule has 42 heavy (non-hydrogen) atoms. The summed E-state index contributed by atoms with van der Waals surface area (Å²) in [6.45, 7) is 5.90. The highest BCUT2D eigenvalue weighted by Crippen LogP contribution is 2.33. The molecule has 0 saturated heterocycles. The van der Waals surface area contributed by atoms with Gasteiger partial charge in [0, 0.05) is 17.3 Å². The number of aliphatic carboxylic acids is 1. The van der Waals surface area contributed by atoms with Gasteiger partial charge in [-0.15, -0.1) is 0 Å². The normalized spacial score (nSPS) is 11.1. The van der Waals surface area contributed by atoms with Gasteiger partial charge in [0.05, 0.1) is 42.0 Å². The number of carboxylic acid groups (broad SMARTS) is 1. The summed E-state index contributed by atoms with van der Waals surface area (Å²) < 4.78 is 11.7. The van der Waals surface area contributed by atoms with Crippen LogP contribution in [-0.4, -0.2) is 37.6 Å². The average Bonchev–Trinajstić information content (AvgIpc) is 2.99. The number of rotatable bonds is 11. The molecule has 9 nitrogen and oxygen atoms in total. The predicted octanol–water partition coefficient (Wildman–Crippen LogP) is 7.19. The molecular weight excluding hydrogens is 530 g/mol.